The van der Waals surface area contributed by atoms with Crippen LogP contribution in [0.4, 0.5) is 0 Å². The van der Waals surface area contributed by atoms with Gasteiger partial charge < -0.3 is 9.84 Å². The third kappa shape index (κ3) is 2.19. The summed E-state index contributed by atoms with van der Waals surface area (Å²) in [6.45, 7) is -0.355. The number of carboxylic acid groups (broad SMARTS) is 1. The number of aromatic nitrogens is 2. The molecule has 0 radical (unpaired) electrons. The van der Waals surface area contributed by atoms with Crippen LogP contribution in [0.2, 0.25) is 0 Å². The minimum Gasteiger partial charge on any atom is -0.482 e. The predicted molar refractivity (Wildman–Crippen MR) is 52.7 cm³/mol. The van der Waals surface area contributed by atoms with Crippen LogP contribution in [-0.2, 0) is 4.79 Å². The molecule has 0 saturated heterocycles. The number of hydrogen-bond donors (Lipinski definition) is 1. The summed E-state index contributed by atoms with van der Waals surface area (Å²) in [4.78, 5) is 18.4. The van der Waals surface area contributed by atoms with Crippen molar-refractivity contribution in [1.82, 2.24) is 9.97 Å². The van der Waals surface area contributed by atoms with Crippen molar-refractivity contribution < 1.29 is 14.6 Å². The number of nitrogens with zero attached hydrogens (tertiary/aromatic N) is 2. The largest absolute Gasteiger partial charge is 0.482 e. The van der Waals surface area contributed by atoms with Gasteiger partial charge in [0.25, 0.3) is 0 Å². The quantitative estimate of drug-likeness (QED) is 0.810. The van der Waals surface area contributed by atoms with Crippen molar-refractivity contribution in [2.24, 2.45) is 0 Å². The number of carboxylic acids is 1. The van der Waals surface area contributed by atoms with E-state index in [1.54, 1.807) is 30.6 Å². The van der Waals surface area contributed by atoms with Crippen LogP contribution < -0.4 is 4.74 Å². The van der Waals surface area contributed by atoms with E-state index in [9.17, 15) is 4.79 Å². The molecule has 2 aromatic rings. The molecule has 5 nitrogen and oxygen atoms in total. The molecular weight excluding hydrogens is 196 g/mol. The average Bonchev–Trinajstić information content (AvgIpc) is 2.26. The second kappa shape index (κ2) is 3.91. The highest BCUT2D eigenvalue weighted by molar-refractivity contribution is 5.75. The smallest absolute Gasteiger partial charge is 0.341 e. The number of aliphatic carboxylic acids is 1. The molecule has 0 aliphatic carbocycles. The van der Waals surface area contributed by atoms with Crippen LogP contribution in [0, 0.1) is 0 Å². The van der Waals surface area contributed by atoms with Gasteiger partial charge in [0.2, 0.25) is 0 Å². The lowest BCUT2D eigenvalue weighted by atomic mass is 10.3. The molecule has 15 heavy (non-hydrogen) atoms. The molecule has 5 heteroatoms. The fraction of sp³-hybridized carbons (Fsp3) is 0.100. The van der Waals surface area contributed by atoms with Gasteiger partial charge in [0.05, 0.1) is 11.0 Å². The Labute approximate surface area is 85.4 Å². The minimum absolute atomic E-state index is 0.355. The fourth-order valence-electron chi connectivity index (χ4n) is 1.18. The zero-order valence-electron chi connectivity index (χ0n) is 7.75. The summed E-state index contributed by atoms with van der Waals surface area (Å²) in [5.74, 6) is -0.528. The van der Waals surface area contributed by atoms with E-state index in [-0.39, 0.29) is 6.61 Å². The molecule has 1 aromatic heterocycles. The van der Waals surface area contributed by atoms with Crippen LogP contribution in [0.1, 0.15) is 0 Å². The molecule has 0 aliphatic heterocycles. The summed E-state index contributed by atoms with van der Waals surface area (Å²) in [5.41, 5.74) is 1.43. The van der Waals surface area contributed by atoms with E-state index in [0.29, 0.717) is 11.3 Å². The van der Waals surface area contributed by atoms with Gasteiger partial charge in [0, 0.05) is 18.5 Å². The minimum atomic E-state index is -1.01. The normalized spacial score (nSPS) is 10.1. The fourth-order valence-corrected chi connectivity index (χ4v) is 1.18. The first-order valence-corrected chi connectivity index (χ1v) is 4.31. The van der Waals surface area contributed by atoms with Crippen LogP contribution in [0.3, 0.4) is 0 Å². The first-order chi connectivity index (χ1) is 7.25. The van der Waals surface area contributed by atoms with E-state index in [0.717, 1.165) is 5.52 Å². The van der Waals surface area contributed by atoms with Crippen LogP contribution in [0.5, 0.6) is 5.75 Å². The maximum atomic E-state index is 10.3. The van der Waals surface area contributed by atoms with Gasteiger partial charge in [-0.3, -0.25) is 9.97 Å². The van der Waals surface area contributed by atoms with E-state index in [1.165, 1.54) is 0 Å². The van der Waals surface area contributed by atoms with E-state index in [1.807, 2.05) is 0 Å². The molecule has 0 amide bonds. The number of carbonyl (C=O) groups is 1. The number of fused-ring (bicyclic) bond motifs is 1. The lowest BCUT2D eigenvalue weighted by Gasteiger charge is -2.03. The van der Waals surface area contributed by atoms with Crippen molar-refractivity contribution in [3.63, 3.8) is 0 Å². The summed E-state index contributed by atoms with van der Waals surface area (Å²) < 4.78 is 5.01. The van der Waals surface area contributed by atoms with Crippen molar-refractivity contribution in [2.75, 3.05) is 6.61 Å². The summed E-state index contributed by atoms with van der Waals surface area (Å²) in [6, 6.07) is 5.06. The Morgan fingerprint density at radius 2 is 2.00 bits per heavy atom. The highest BCUT2D eigenvalue weighted by atomic mass is 16.5. The third-order valence-electron chi connectivity index (χ3n) is 1.80. The molecule has 2 rings (SSSR count). The van der Waals surface area contributed by atoms with Crippen LogP contribution in [0.15, 0.2) is 30.6 Å². The molecule has 76 valence electrons. The molecule has 1 N–H and O–H groups in total. The van der Waals surface area contributed by atoms with E-state index >= 15 is 0 Å². The van der Waals surface area contributed by atoms with E-state index in [4.69, 9.17) is 9.84 Å². The summed E-state index contributed by atoms with van der Waals surface area (Å²) >= 11 is 0. The van der Waals surface area contributed by atoms with Gasteiger partial charge in [-0.25, -0.2) is 4.79 Å². The first-order valence-electron chi connectivity index (χ1n) is 4.31. The molecule has 0 fully saturated rings. The van der Waals surface area contributed by atoms with Crippen molar-refractivity contribution in [1.29, 1.82) is 0 Å². The van der Waals surface area contributed by atoms with Crippen LogP contribution in [0.25, 0.3) is 11.0 Å². The number of ether oxygens (including phenoxy) is 1. The number of hydrogen-bond acceptors (Lipinski definition) is 4. The molecule has 0 bridgehead atoms. The van der Waals surface area contributed by atoms with Crippen molar-refractivity contribution >= 4 is 17.0 Å². The van der Waals surface area contributed by atoms with Crippen LogP contribution in [-0.4, -0.2) is 27.7 Å². The Balaban J connectivity index is 2.26. The lowest BCUT2D eigenvalue weighted by Crippen LogP contribution is -2.09. The highest BCUT2D eigenvalue weighted by Crippen LogP contribution is 2.16. The second-order valence-electron chi connectivity index (χ2n) is 2.89. The van der Waals surface area contributed by atoms with E-state index < -0.39 is 5.97 Å². The van der Waals surface area contributed by atoms with Crippen LogP contribution >= 0.6 is 0 Å². The molecule has 0 saturated carbocycles. The predicted octanol–water partition coefficient (Wildman–Crippen LogP) is 1.09. The van der Waals surface area contributed by atoms with Crippen molar-refractivity contribution in [3.8, 4) is 5.75 Å². The van der Waals surface area contributed by atoms with Gasteiger partial charge in [0.15, 0.2) is 6.61 Å². The Kier molecular flexibility index (Phi) is 2.45. The van der Waals surface area contributed by atoms with Gasteiger partial charge in [0.1, 0.15) is 5.75 Å². The second-order valence-corrected chi connectivity index (χ2v) is 2.89. The molecule has 1 aromatic carbocycles. The summed E-state index contributed by atoms with van der Waals surface area (Å²) in [5, 5.41) is 8.44. The van der Waals surface area contributed by atoms with E-state index in [2.05, 4.69) is 9.97 Å². The maximum absolute atomic E-state index is 10.3. The molecule has 0 unspecified atom stereocenters. The van der Waals surface area contributed by atoms with Crippen molar-refractivity contribution in [2.45, 2.75) is 0 Å². The summed E-state index contributed by atoms with van der Waals surface area (Å²) in [6.07, 6.45) is 3.17. The lowest BCUT2D eigenvalue weighted by molar-refractivity contribution is -0.139. The standard InChI is InChI=1S/C10H8N2O3/c13-10(14)6-15-7-1-2-8-9(5-7)12-4-3-11-8/h1-5H,6H2,(H,13,14). The number of benzene rings is 1. The molecule has 1 heterocycles. The van der Waals surface area contributed by atoms with Crippen molar-refractivity contribution in [3.05, 3.63) is 30.6 Å². The zero-order chi connectivity index (χ0) is 10.7. The third-order valence-corrected chi connectivity index (χ3v) is 1.80. The Morgan fingerprint density at radius 3 is 2.73 bits per heavy atom. The maximum Gasteiger partial charge on any atom is 0.341 e. The SMILES string of the molecule is O=C(O)COc1ccc2nccnc2c1. The first kappa shape index (κ1) is 9.39. The van der Waals surface area contributed by atoms with Gasteiger partial charge in [-0.15, -0.1) is 0 Å². The average molecular weight is 204 g/mol. The number of rotatable bonds is 3. The Hall–Kier alpha value is -2.17. The highest BCUT2D eigenvalue weighted by Gasteiger charge is 2.01. The Morgan fingerprint density at radius 1 is 1.27 bits per heavy atom. The molecular formula is C10H8N2O3. The summed E-state index contributed by atoms with van der Waals surface area (Å²) in [7, 11) is 0. The zero-order valence-corrected chi connectivity index (χ0v) is 7.75. The van der Waals surface area contributed by atoms with Gasteiger partial charge in [-0.2, -0.15) is 0 Å². The topological polar surface area (TPSA) is 72.3 Å². The molecule has 0 aliphatic rings. The Bertz CT molecular complexity index is 499. The monoisotopic (exact) mass is 204 g/mol. The van der Waals surface area contributed by atoms with Gasteiger partial charge >= 0.3 is 5.97 Å². The van der Waals surface area contributed by atoms with Gasteiger partial charge in [-0.1, -0.05) is 0 Å². The molecule has 0 atom stereocenters. The molecule has 0 spiro atoms. The van der Waals surface area contributed by atoms with Gasteiger partial charge in [-0.05, 0) is 12.1 Å².